The lowest BCUT2D eigenvalue weighted by molar-refractivity contribution is -0.333. The van der Waals surface area contributed by atoms with E-state index < -0.39 is 6.03 Å². The van der Waals surface area contributed by atoms with E-state index in [1.165, 1.54) is 0 Å². The van der Waals surface area contributed by atoms with Crippen LogP contribution in [0.4, 0.5) is 4.79 Å². The van der Waals surface area contributed by atoms with Gasteiger partial charge in [-0.25, -0.2) is 4.99 Å². The molecule has 1 aromatic carbocycles. The number of urea groups is 1. The SMILES string of the molecule is NC(=O)/[NH+]=C/c1ccccc1. The third kappa shape index (κ3) is 2.62. The highest BCUT2D eigenvalue weighted by Gasteiger charge is 1.90. The van der Waals surface area contributed by atoms with Crippen LogP contribution in [0.2, 0.25) is 0 Å². The van der Waals surface area contributed by atoms with Crippen molar-refractivity contribution in [2.45, 2.75) is 0 Å². The van der Waals surface area contributed by atoms with Gasteiger partial charge in [0.25, 0.3) is 0 Å². The molecule has 0 bridgehead atoms. The molecule has 0 radical (unpaired) electrons. The number of rotatable bonds is 1. The molecule has 0 aliphatic carbocycles. The zero-order valence-electron chi connectivity index (χ0n) is 5.95. The summed E-state index contributed by atoms with van der Waals surface area (Å²) in [6.45, 7) is 0. The highest BCUT2D eigenvalue weighted by Crippen LogP contribution is 1.90. The molecule has 0 spiro atoms. The first-order valence-electron chi connectivity index (χ1n) is 3.23. The molecule has 0 saturated carbocycles. The van der Waals surface area contributed by atoms with Crippen LogP contribution in [-0.4, -0.2) is 12.2 Å². The van der Waals surface area contributed by atoms with Gasteiger partial charge in [0.05, 0.1) is 6.21 Å². The zero-order chi connectivity index (χ0) is 8.10. The summed E-state index contributed by atoms with van der Waals surface area (Å²) in [6, 6.07) is 8.87. The fraction of sp³-hybridized carbons (Fsp3) is 0. The monoisotopic (exact) mass is 149 g/mol. The molecule has 0 aromatic heterocycles. The Morgan fingerprint density at radius 3 is 2.55 bits per heavy atom. The van der Waals surface area contributed by atoms with Crippen molar-refractivity contribution in [2.24, 2.45) is 5.73 Å². The first-order chi connectivity index (χ1) is 5.29. The average Bonchev–Trinajstić information content (AvgIpc) is 2.03. The van der Waals surface area contributed by atoms with Crippen LogP contribution in [0.5, 0.6) is 0 Å². The fourth-order valence-electron chi connectivity index (χ4n) is 0.704. The minimum atomic E-state index is -0.547. The highest BCUT2D eigenvalue weighted by molar-refractivity contribution is 5.78. The maximum absolute atomic E-state index is 10.3. The summed E-state index contributed by atoms with van der Waals surface area (Å²) in [5.41, 5.74) is 5.78. The molecule has 3 nitrogen and oxygen atoms in total. The fourth-order valence-corrected chi connectivity index (χ4v) is 0.704. The highest BCUT2D eigenvalue weighted by atomic mass is 16.2. The van der Waals surface area contributed by atoms with Crippen LogP contribution in [0, 0.1) is 0 Å². The van der Waals surface area contributed by atoms with Crippen LogP contribution >= 0.6 is 0 Å². The predicted molar refractivity (Wildman–Crippen MR) is 42.2 cm³/mol. The topological polar surface area (TPSA) is 57.1 Å². The van der Waals surface area contributed by atoms with E-state index in [0.29, 0.717) is 0 Å². The number of amides is 2. The molecule has 2 amide bonds. The van der Waals surface area contributed by atoms with E-state index in [-0.39, 0.29) is 0 Å². The predicted octanol–water partition coefficient (Wildman–Crippen LogP) is -0.735. The van der Waals surface area contributed by atoms with Gasteiger partial charge in [0.2, 0.25) is 0 Å². The van der Waals surface area contributed by atoms with Gasteiger partial charge in [0.1, 0.15) is 0 Å². The molecule has 56 valence electrons. The molecule has 0 saturated heterocycles. The first-order valence-corrected chi connectivity index (χ1v) is 3.23. The largest absolute Gasteiger partial charge is 0.486 e. The van der Waals surface area contributed by atoms with Crippen molar-refractivity contribution >= 4 is 12.2 Å². The number of carbonyl (C=O) groups excluding carboxylic acids is 1. The number of hydrogen-bond acceptors (Lipinski definition) is 1. The minimum absolute atomic E-state index is 0.547. The standard InChI is InChI=1S/C8H8N2O/c9-8(11)10-6-7-4-2-1-3-5-7/h1-6H,(H2,9,11)/p+1/b10-6+. The molecular formula is C8H9N2O+. The summed E-state index contributed by atoms with van der Waals surface area (Å²) in [7, 11) is 0. The molecular weight excluding hydrogens is 140 g/mol. The number of primary amides is 1. The lowest BCUT2D eigenvalue weighted by atomic mass is 10.2. The Balaban J connectivity index is 2.72. The normalized spacial score (nSPS) is 10.2. The van der Waals surface area contributed by atoms with Crippen molar-refractivity contribution in [1.82, 2.24) is 0 Å². The van der Waals surface area contributed by atoms with E-state index in [4.69, 9.17) is 5.73 Å². The lowest BCUT2D eigenvalue weighted by Crippen LogP contribution is -2.76. The molecule has 1 aromatic rings. The van der Waals surface area contributed by atoms with E-state index in [1.54, 1.807) is 6.21 Å². The Morgan fingerprint density at radius 1 is 1.36 bits per heavy atom. The molecule has 0 heterocycles. The number of nitrogens with two attached hydrogens (primary N) is 1. The Kier molecular flexibility index (Phi) is 2.38. The van der Waals surface area contributed by atoms with Crippen molar-refractivity contribution in [3.05, 3.63) is 35.9 Å². The minimum Gasteiger partial charge on any atom is -0.251 e. The van der Waals surface area contributed by atoms with Gasteiger partial charge in [-0.05, 0) is 0 Å². The van der Waals surface area contributed by atoms with Gasteiger partial charge in [-0.3, -0.25) is 5.73 Å². The molecule has 0 atom stereocenters. The van der Waals surface area contributed by atoms with Gasteiger partial charge in [-0.2, -0.15) is 4.79 Å². The third-order valence-electron chi connectivity index (χ3n) is 1.18. The van der Waals surface area contributed by atoms with Crippen molar-refractivity contribution in [3.63, 3.8) is 0 Å². The second-order valence-corrected chi connectivity index (χ2v) is 2.06. The third-order valence-corrected chi connectivity index (χ3v) is 1.18. The second-order valence-electron chi connectivity index (χ2n) is 2.06. The number of carbonyl (C=O) groups is 1. The van der Waals surface area contributed by atoms with Crippen molar-refractivity contribution < 1.29 is 9.79 Å². The van der Waals surface area contributed by atoms with Crippen LogP contribution in [0.25, 0.3) is 0 Å². The van der Waals surface area contributed by atoms with Crippen LogP contribution in [0.1, 0.15) is 5.56 Å². The number of nitrogens with one attached hydrogen (secondary N) is 1. The molecule has 11 heavy (non-hydrogen) atoms. The molecule has 3 N–H and O–H groups in total. The van der Waals surface area contributed by atoms with Crippen LogP contribution in [0.3, 0.4) is 0 Å². The van der Waals surface area contributed by atoms with Crippen LogP contribution < -0.4 is 10.7 Å². The lowest BCUT2D eigenvalue weighted by Gasteiger charge is -1.85. The second kappa shape index (κ2) is 3.51. The smallest absolute Gasteiger partial charge is 0.251 e. The molecule has 3 heteroatoms. The van der Waals surface area contributed by atoms with Gasteiger partial charge in [0.15, 0.2) is 0 Å². The van der Waals surface area contributed by atoms with Crippen molar-refractivity contribution in [3.8, 4) is 0 Å². The van der Waals surface area contributed by atoms with E-state index in [1.807, 2.05) is 30.3 Å². The van der Waals surface area contributed by atoms with Crippen molar-refractivity contribution in [2.75, 3.05) is 0 Å². The summed E-state index contributed by atoms with van der Waals surface area (Å²) in [6.07, 6.45) is 1.56. The first kappa shape index (κ1) is 7.47. The van der Waals surface area contributed by atoms with Gasteiger partial charge >= 0.3 is 6.03 Å². The Labute approximate surface area is 64.6 Å². The van der Waals surface area contributed by atoms with Gasteiger partial charge in [-0.1, -0.05) is 30.3 Å². The van der Waals surface area contributed by atoms with Gasteiger partial charge < -0.3 is 0 Å². The van der Waals surface area contributed by atoms with Gasteiger partial charge in [-0.15, -0.1) is 0 Å². The Morgan fingerprint density at radius 2 is 2.00 bits per heavy atom. The van der Waals surface area contributed by atoms with E-state index in [2.05, 4.69) is 4.99 Å². The van der Waals surface area contributed by atoms with E-state index in [9.17, 15) is 4.79 Å². The quantitative estimate of drug-likeness (QED) is 0.508. The van der Waals surface area contributed by atoms with Crippen LogP contribution in [0.15, 0.2) is 30.3 Å². The maximum atomic E-state index is 10.3. The Bertz CT molecular complexity index is 267. The summed E-state index contributed by atoms with van der Waals surface area (Å²) in [4.78, 5) is 12.6. The summed E-state index contributed by atoms with van der Waals surface area (Å²) >= 11 is 0. The maximum Gasteiger partial charge on any atom is 0.486 e. The van der Waals surface area contributed by atoms with Crippen LogP contribution in [-0.2, 0) is 0 Å². The number of hydrogen-bond donors (Lipinski definition) is 2. The summed E-state index contributed by atoms with van der Waals surface area (Å²) in [5.74, 6) is 0. The molecule has 0 aliphatic heterocycles. The number of benzene rings is 1. The Hall–Kier alpha value is -1.64. The van der Waals surface area contributed by atoms with E-state index >= 15 is 0 Å². The molecule has 0 unspecified atom stereocenters. The molecule has 1 rings (SSSR count). The summed E-state index contributed by atoms with van der Waals surface area (Å²) < 4.78 is 0. The molecule has 0 fully saturated rings. The van der Waals surface area contributed by atoms with Gasteiger partial charge in [0, 0.05) is 5.56 Å². The zero-order valence-corrected chi connectivity index (χ0v) is 5.95. The summed E-state index contributed by atoms with van der Waals surface area (Å²) in [5, 5.41) is 0. The average molecular weight is 149 g/mol. The molecule has 0 aliphatic rings. The van der Waals surface area contributed by atoms with Crippen molar-refractivity contribution in [1.29, 1.82) is 0 Å². The van der Waals surface area contributed by atoms with E-state index in [0.717, 1.165) is 5.56 Å².